The maximum Gasteiger partial charge on any atom is 0.274 e. The first-order valence-corrected chi connectivity index (χ1v) is 18.2. The van der Waals surface area contributed by atoms with Crippen molar-refractivity contribution < 1.29 is 18.8 Å². The monoisotopic (exact) mass is 691 g/mol. The third kappa shape index (κ3) is 8.11. The van der Waals surface area contributed by atoms with Gasteiger partial charge < -0.3 is 19.3 Å². The molecule has 7 heteroatoms. The van der Waals surface area contributed by atoms with Crippen LogP contribution in [0.1, 0.15) is 58.9 Å². The van der Waals surface area contributed by atoms with Crippen molar-refractivity contribution in [1.82, 2.24) is 15.4 Å². The van der Waals surface area contributed by atoms with Crippen molar-refractivity contribution in [3.05, 3.63) is 149 Å². The van der Waals surface area contributed by atoms with Gasteiger partial charge in [-0.15, -0.1) is 0 Å². The number of benzene rings is 5. The van der Waals surface area contributed by atoms with E-state index in [1.54, 1.807) is 0 Å². The van der Waals surface area contributed by atoms with E-state index in [-0.39, 0.29) is 11.6 Å². The molecule has 1 amide bonds. The number of aryl methyl sites for hydroxylation is 1. The van der Waals surface area contributed by atoms with Gasteiger partial charge in [-0.05, 0) is 79.2 Å². The second kappa shape index (κ2) is 16.6. The molecule has 0 radical (unpaired) electrons. The van der Waals surface area contributed by atoms with Gasteiger partial charge in [-0.1, -0.05) is 121 Å². The van der Waals surface area contributed by atoms with Crippen molar-refractivity contribution in [3.8, 4) is 45.1 Å². The van der Waals surface area contributed by atoms with Crippen LogP contribution >= 0.6 is 0 Å². The number of likely N-dealkylation sites (tertiary alicyclic amines) is 1. The number of hydrogen-bond acceptors (Lipinski definition) is 6. The van der Waals surface area contributed by atoms with Crippen molar-refractivity contribution in [1.29, 1.82) is 0 Å². The Labute approximate surface area is 306 Å². The molecule has 1 aliphatic rings. The van der Waals surface area contributed by atoms with Crippen molar-refractivity contribution in [2.75, 3.05) is 19.6 Å². The summed E-state index contributed by atoms with van der Waals surface area (Å²) in [6, 6.07) is 40.9. The van der Waals surface area contributed by atoms with Crippen LogP contribution in [0.5, 0.6) is 11.5 Å². The molecule has 7 rings (SSSR count). The van der Waals surface area contributed by atoms with Crippen LogP contribution in [0, 0.1) is 6.92 Å². The molecule has 1 aromatic heterocycles. The highest BCUT2D eigenvalue weighted by Crippen LogP contribution is 2.46. The summed E-state index contributed by atoms with van der Waals surface area (Å²) < 4.78 is 19.4. The fourth-order valence-corrected chi connectivity index (χ4v) is 6.83. The Bertz CT molecular complexity index is 2090. The molecule has 1 saturated heterocycles. The minimum absolute atomic E-state index is 0.233. The van der Waals surface area contributed by atoms with Gasteiger partial charge in [0.2, 0.25) is 0 Å². The SMILES string of the molecule is CCNC(=O)c1noc(-c2cc(-c3ccccc3C)c(OCc3ccccc3)cc2OCc2ccccc2)c1-c1ccc(CN2CCCCC2)cc1. The molecule has 0 saturated carbocycles. The molecule has 0 aliphatic carbocycles. The molecule has 0 unspecified atom stereocenters. The van der Waals surface area contributed by atoms with Crippen molar-refractivity contribution in [2.45, 2.75) is 52.9 Å². The fraction of sp³-hybridized carbons (Fsp3) is 0.244. The molecule has 0 bridgehead atoms. The zero-order valence-corrected chi connectivity index (χ0v) is 29.9. The second-order valence-electron chi connectivity index (χ2n) is 13.3. The van der Waals surface area contributed by atoms with Gasteiger partial charge >= 0.3 is 0 Å². The van der Waals surface area contributed by atoms with E-state index in [0.717, 1.165) is 53.0 Å². The van der Waals surface area contributed by atoms with Crippen LogP contribution in [0.4, 0.5) is 0 Å². The summed E-state index contributed by atoms with van der Waals surface area (Å²) in [5.74, 6) is 1.40. The van der Waals surface area contributed by atoms with Crippen LogP contribution in [-0.2, 0) is 19.8 Å². The molecular weight excluding hydrogens is 647 g/mol. The lowest BCUT2D eigenvalue weighted by atomic mass is 9.93. The third-order valence-electron chi connectivity index (χ3n) is 9.58. The van der Waals surface area contributed by atoms with E-state index >= 15 is 0 Å². The fourth-order valence-electron chi connectivity index (χ4n) is 6.83. The van der Waals surface area contributed by atoms with Gasteiger partial charge in [0.05, 0.1) is 11.1 Å². The number of carbonyl (C=O) groups excluding carboxylic acids is 1. The molecule has 1 aliphatic heterocycles. The molecular formula is C45H45N3O4. The quantitative estimate of drug-likeness (QED) is 0.130. The summed E-state index contributed by atoms with van der Waals surface area (Å²) in [5.41, 5.74) is 8.69. The van der Waals surface area contributed by atoms with E-state index < -0.39 is 0 Å². The third-order valence-corrected chi connectivity index (χ3v) is 9.58. The molecule has 6 aromatic rings. The predicted molar refractivity (Wildman–Crippen MR) is 206 cm³/mol. The predicted octanol–water partition coefficient (Wildman–Crippen LogP) is 9.88. The first kappa shape index (κ1) is 34.8. The number of carbonyl (C=O) groups is 1. The number of nitrogens with zero attached hydrogens (tertiary/aromatic N) is 2. The summed E-state index contributed by atoms with van der Waals surface area (Å²) in [6.07, 6.45) is 3.79. The Morgan fingerprint density at radius 1 is 0.712 bits per heavy atom. The standard InChI is InChI=1S/C45H45N3O4/c1-3-46-45(49)43-42(36-23-21-33(22-24-36)29-48-25-13-6-14-26-48)44(52-47-43)39-27-38(37-20-12-11-15-32(37)2)40(50-30-34-16-7-4-8-17-34)28-41(39)51-31-35-18-9-5-10-19-35/h4-5,7-12,15-24,27-28H,3,6,13-14,25-26,29-31H2,1-2H3,(H,46,49). The maximum atomic E-state index is 13.5. The normalized spacial score (nSPS) is 13.1. The van der Waals surface area contributed by atoms with Crippen LogP contribution < -0.4 is 14.8 Å². The Hall–Kier alpha value is -5.66. The second-order valence-corrected chi connectivity index (χ2v) is 13.3. The van der Waals surface area contributed by atoms with Gasteiger partial charge in [0.1, 0.15) is 24.7 Å². The Balaban J connectivity index is 1.37. The highest BCUT2D eigenvalue weighted by molar-refractivity contribution is 6.03. The summed E-state index contributed by atoms with van der Waals surface area (Å²) in [5, 5.41) is 7.33. The molecule has 0 spiro atoms. The molecule has 1 fully saturated rings. The van der Waals surface area contributed by atoms with Gasteiger partial charge in [0, 0.05) is 24.7 Å². The molecule has 2 heterocycles. The first-order valence-electron chi connectivity index (χ1n) is 18.2. The topological polar surface area (TPSA) is 76.8 Å². The van der Waals surface area contributed by atoms with Gasteiger partial charge in [-0.3, -0.25) is 9.69 Å². The summed E-state index contributed by atoms with van der Waals surface area (Å²) in [7, 11) is 0. The molecule has 7 nitrogen and oxygen atoms in total. The molecule has 5 aromatic carbocycles. The van der Waals surface area contributed by atoms with E-state index in [9.17, 15) is 4.79 Å². The first-order chi connectivity index (χ1) is 25.6. The highest BCUT2D eigenvalue weighted by atomic mass is 16.5. The Morgan fingerprint density at radius 2 is 1.33 bits per heavy atom. The van der Waals surface area contributed by atoms with Gasteiger partial charge in [0.25, 0.3) is 5.91 Å². The molecule has 264 valence electrons. The van der Waals surface area contributed by atoms with E-state index in [2.05, 4.69) is 76.9 Å². The van der Waals surface area contributed by atoms with Crippen LogP contribution in [-0.4, -0.2) is 35.6 Å². The summed E-state index contributed by atoms with van der Waals surface area (Å²) in [6.45, 7) is 8.31. The molecule has 52 heavy (non-hydrogen) atoms. The largest absolute Gasteiger partial charge is 0.488 e. The number of piperidine rings is 1. The number of nitrogens with one attached hydrogen (secondary N) is 1. The minimum Gasteiger partial charge on any atom is -0.488 e. The Kier molecular flexibility index (Phi) is 11.1. The average molecular weight is 692 g/mol. The average Bonchev–Trinajstić information content (AvgIpc) is 3.63. The maximum absolute atomic E-state index is 13.5. The Morgan fingerprint density at radius 3 is 1.96 bits per heavy atom. The van der Waals surface area contributed by atoms with Crippen LogP contribution in [0.2, 0.25) is 0 Å². The van der Waals surface area contributed by atoms with Gasteiger partial charge in [0.15, 0.2) is 11.5 Å². The molecule has 1 N–H and O–H groups in total. The smallest absolute Gasteiger partial charge is 0.274 e. The lowest BCUT2D eigenvalue weighted by molar-refractivity contribution is 0.0947. The van der Waals surface area contributed by atoms with Crippen LogP contribution in [0.25, 0.3) is 33.6 Å². The van der Waals surface area contributed by atoms with E-state index in [1.165, 1.54) is 24.8 Å². The van der Waals surface area contributed by atoms with Crippen molar-refractivity contribution in [2.24, 2.45) is 0 Å². The van der Waals surface area contributed by atoms with E-state index in [4.69, 9.17) is 14.0 Å². The number of rotatable bonds is 13. The van der Waals surface area contributed by atoms with Gasteiger partial charge in [-0.2, -0.15) is 0 Å². The lowest BCUT2D eigenvalue weighted by Crippen LogP contribution is -2.29. The number of amides is 1. The number of hydrogen-bond donors (Lipinski definition) is 1. The van der Waals surface area contributed by atoms with Crippen LogP contribution in [0.3, 0.4) is 0 Å². The van der Waals surface area contributed by atoms with Crippen LogP contribution in [0.15, 0.2) is 126 Å². The lowest BCUT2D eigenvalue weighted by Gasteiger charge is -2.26. The van der Waals surface area contributed by atoms with E-state index in [1.807, 2.05) is 73.7 Å². The zero-order valence-electron chi connectivity index (χ0n) is 29.9. The van der Waals surface area contributed by atoms with Crippen molar-refractivity contribution in [3.63, 3.8) is 0 Å². The summed E-state index contributed by atoms with van der Waals surface area (Å²) in [4.78, 5) is 16.0. The number of ether oxygens (including phenoxy) is 2. The molecule has 0 atom stereocenters. The van der Waals surface area contributed by atoms with E-state index in [0.29, 0.717) is 48.1 Å². The summed E-state index contributed by atoms with van der Waals surface area (Å²) >= 11 is 0. The minimum atomic E-state index is -0.293. The zero-order chi connectivity index (χ0) is 35.7. The van der Waals surface area contributed by atoms with Gasteiger partial charge in [-0.25, -0.2) is 0 Å². The number of aromatic nitrogens is 1. The highest BCUT2D eigenvalue weighted by Gasteiger charge is 2.28. The van der Waals surface area contributed by atoms with Crippen molar-refractivity contribution >= 4 is 5.91 Å².